The largest absolute Gasteiger partial charge is 0.497 e. The molecule has 2 aromatic heterocycles. The lowest BCUT2D eigenvalue weighted by Gasteiger charge is -2.13. The van der Waals surface area contributed by atoms with Crippen LogP contribution in [-0.2, 0) is 0 Å². The summed E-state index contributed by atoms with van der Waals surface area (Å²) in [6.07, 6.45) is 0. The van der Waals surface area contributed by atoms with Crippen molar-refractivity contribution in [3.8, 4) is 17.0 Å². The number of thiazole rings is 1. The van der Waals surface area contributed by atoms with Gasteiger partial charge in [0.25, 0.3) is 17.5 Å². The molecular weight excluding hydrogens is 420 g/mol. The summed E-state index contributed by atoms with van der Waals surface area (Å²) in [4.78, 5) is 30.1. The van der Waals surface area contributed by atoms with Crippen molar-refractivity contribution in [2.45, 2.75) is 0 Å². The maximum Gasteiger partial charge on any atom is 0.293 e. The number of ether oxygens (including phenoxy) is 1. The van der Waals surface area contributed by atoms with Gasteiger partial charge in [0.1, 0.15) is 11.4 Å². The zero-order valence-corrected chi connectivity index (χ0v) is 17.7. The Bertz CT molecular complexity index is 1280. The number of hydrogen-bond acceptors (Lipinski definition) is 8. The van der Waals surface area contributed by atoms with Crippen molar-refractivity contribution >= 4 is 39.5 Å². The number of aromatic nitrogens is 3. The van der Waals surface area contributed by atoms with Gasteiger partial charge in [-0.3, -0.25) is 20.2 Å². The van der Waals surface area contributed by atoms with E-state index in [2.05, 4.69) is 15.4 Å². The van der Waals surface area contributed by atoms with Gasteiger partial charge in [0.2, 0.25) is 4.96 Å². The molecule has 1 amide bonds. The van der Waals surface area contributed by atoms with E-state index in [0.29, 0.717) is 10.6 Å². The van der Waals surface area contributed by atoms with Crippen LogP contribution in [0.15, 0.2) is 47.8 Å². The second kappa shape index (κ2) is 8.03. The molecule has 0 aliphatic rings. The molecule has 11 heteroatoms. The fraction of sp³-hybridized carbons (Fsp3) is 0.150. The number of anilines is 2. The molecule has 4 aromatic rings. The first-order valence-corrected chi connectivity index (χ1v) is 10.0. The highest BCUT2D eigenvalue weighted by atomic mass is 32.1. The zero-order valence-electron chi connectivity index (χ0n) is 16.9. The number of carbonyl (C=O) groups is 1. The summed E-state index contributed by atoms with van der Waals surface area (Å²) in [6, 6.07) is 11.8. The normalized spacial score (nSPS) is 10.8. The van der Waals surface area contributed by atoms with Gasteiger partial charge >= 0.3 is 0 Å². The number of fused-ring (bicyclic) bond motifs is 1. The van der Waals surface area contributed by atoms with Gasteiger partial charge in [-0.25, -0.2) is 4.52 Å². The smallest absolute Gasteiger partial charge is 0.293 e. The molecule has 0 fully saturated rings. The topological polar surface area (TPSA) is 115 Å². The third-order valence-corrected chi connectivity index (χ3v) is 5.42. The molecule has 4 rings (SSSR count). The Balaban J connectivity index is 1.60. The molecule has 2 heterocycles. The Labute approximate surface area is 180 Å². The predicted octanol–water partition coefficient (Wildman–Crippen LogP) is 3.69. The number of amides is 1. The Morgan fingerprint density at radius 1 is 1.23 bits per heavy atom. The second-order valence-corrected chi connectivity index (χ2v) is 7.62. The van der Waals surface area contributed by atoms with Crippen LogP contribution in [0.5, 0.6) is 5.75 Å². The van der Waals surface area contributed by atoms with Crippen molar-refractivity contribution < 1.29 is 14.5 Å². The molecule has 2 aromatic carbocycles. The second-order valence-electron chi connectivity index (χ2n) is 6.79. The van der Waals surface area contributed by atoms with E-state index in [1.54, 1.807) is 30.6 Å². The molecule has 1 N–H and O–H groups in total. The highest BCUT2D eigenvalue weighted by molar-refractivity contribution is 7.15. The van der Waals surface area contributed by atoms with Gasteiger partial charge in [-0.1, -0.05) is 0 Å². The van der Waals surface area contributed by atoms with Crippen LogP contribution in [0.3, 0.4) is 0 Å². The molecule has 0 bridgehead atoms. The number of hydrogen-bond donors (Lipinski definition) is 1. The molecule has 0 aliphatic carbocycles. The molecule has 158 valence electrons. The van der Waals surface area contributed by atoms with Crippen molar-refractivity contribution in [2.24, 2.45) is 0 Å². The predicted molar refractivity (Wildman–Crippen MR) is 118 cm³/mol. The zero-order chi connectivity index (χ0) is 22.1. The molecule has 0 aliphatic heterocycles. The van der Waals surface area contributed by atoms with Crippen molar-refractivity contribution in [3.05, 3.63) is 63.5 Å². The van der Waals surface area contributed by atoms with E-state index < -0.39 is 10.8 Å². The molecule has 10 nitrogen and oxygen atoms in total. The minimum atomic E-state index is -0.530. The highest BCUT2D eigenvalue weighted by Gasteiger charge is 2.20. The van der Waals surface area contributed by atoms with E-state index in [0.717, 1.165) is 17.0 Å². The summed E-state index contributed by atoms with van der Waals surface area (Å²) in [5.74, 6) is 0.333. The minimum Gasteiger partial charge on any atom is -0.497 e. The maximum absolute atomic E-state index is 12.6. The molecule has 0 saturated heterocycles. The fourth-order valence-corrected chi connectivity index (χ4v) is 3.89. The quantitative estimate of drug-likeness (QED) is 0.361. The van der Waals surface area contributed by atoms with Crippen LogP contribution in [-0.4, -0.2) is 46.6 Å². The number of nitrogens with one attached hydrogen (secondary N) is 1. The first-order chi connectivity index (χ1) is 14.9. The van der Waals surface area contributed by atoms with Crippen LogP contribution < -0.4 is 15.0 Å². The number of carbonyl (C=O) groups excluding carboxylic acids is 1. The summed E-state index contributed by atoms with van der Waals surface area (Å²) in [7, 11) is 5.00. The summed E-state index contributed by atoms with van der Waals surface area (Å²) in [5.41, 5.74) is 2.14. The van der Waals surface area contributed by atoms with Gasteiger partial charge in [0.15, 0.2) is 0 Å². The fourth-order valence-electron chi connectivity index (χ4n) is 3.06. The standard InChI is InChI=1S/C20H18N6O4S/c1-24(2)15-9-6-13(10-16(15)26(28)29)18(27)21-19-22-20-25(23-19)17(11-31-20)12-4-7-14(30-3)8-5-12/h4-11H,1-3H3,(H,21,23,27). The number of rotatable bonds is 6. The van der Waals surface area contributed by atoms with Gasteiger partial charge in [-0.05, 0) is 36.4 Å². The average Bonchev–Trinajstić information content (AvgIpc) is 3.33. The van der Waals surface area contributed by atoms with Crippen LogP contribution in [0.1, 0.15) is 10.4 Å². The lowest BCUT2D eigenvalue weighted by Crippen LogP contribution is -2.15. The third kappa shape index (κ3) is 3.90. The van der Waals surface area contributed by atoms with Crippen molar-refractivity contribution in [3.63, 3.8) is 0 Å². The number of nitrogens with zero attached hydrogens (tertiary/aromatic N) is 5. The van der Waals surface area contributed by atoms with E-state index in [1.165, 1.54) is 29.5 Å². The summed E-state index contributed by atoms with van der Waals surface area (Å²) >= 11 is 1.39. The molecule has 0 saturated carbocycles. The van der Waals surface area contributed by atoms with E-state index in [-0.39, 0.29) is 17.2 Å². The van der Waals surface area contributed by atoms with E-state index in [9.17, 15) is 14.9 Å². The van der Waals surface area contributed by atoms with E-state index >= 15 is 0 Å². The number of nitro groups is 1. The Morgan fingerprint density at radius 3 is 2.61 bits per heavy atom. The third-order valence-electron chi connectivity index (χ3n) is 4.61. The van der Waals surface area contributed by atoms with Crippen LogP contribution in [0.25, 0.3) is 16.2 Å². The van der Waals surface area contributed by atoms with Gasteiger partial charge in [-0.15, -0.1) is 16.4 Å². The lowest BCUT2D eigenvalue weighted by atomic mass is 10.1. The van der Waals surface area contributed by atoms with Gasteiger partial charge < -0.3 is 9.64 Å². The molecule has 31 heavy (non-hydrogen) atoms. The molecular formula is C20H18N6O4S. The number of methoxy groups -OCH3 is 1. The number of benzene rings is 2. The molecule has 0 atom stereocenters. The summed E-state index contributed by atoms with van der Waals surface area (Å²) in [6.45, 7) is 0. The first-order valence-electron chi connectivity index (χ1n) is 9.13. The maximum atomic E-state index is 12.6. The molecule has 0 spiro atoms. The van der Waals surface area contributed by atoms with Crippen molar-refractivity contribution in [1.29, 1.82) is 0 Å². The number of nitro benzene ring substituents is 1. The van der Waals surface area contributed by atoms with Crippen LogP contribution in [0, 0.1) is 10.1 Å². The SMILES string of the molecule is COc1ccc(-c2csc3nc(NC(=O)c4ccc(N(C)C)c([N+](=O)[O-])c4)nn23)cc1. The van der Waals surface area contributed by atoms with Gasteiger partial charge in [0.05, 0.1) is 17.7 Å². The van der Waals surface area contributed by atoms with Crippen LogP contribution in [0.2, 0.25) is 0 Å². The Kier molecular flexibility index (Phi) is 5.26. The summed E-state index contributed by atoms with van der Waals surface area (Å²) in [5, 5.41) is 20.3. The Hall–Kier alpha value is -3.99. The summed E-state index contributed by atoms with van der Waals surface area (Å²) < 4.78 is 6.82. The highest BCUT2D eigenvalue weighted by Crippen LogP contribution is 2.29. The molecule has 0 unspecified atom stereocenters. The average molecular weight is 438 g/mol. The van der Waals surface area contributed by atoms with E-state index in [4.69, 9.17) is 4.74 Å². The van der Waals surface area contributed by atoms with Gasteiger partial charge in [0, 0.05) is 36.7 Å². The minimum absolute atomic E-state index is 0.117. The van der Waals surface area contributed by atoms with Crippen molar-refractivity contribution in [2.75, 3.05) is 31.4 Å². The monoisotopic (exact) mass is 438 g/mol. The lowest BCUT2D eigenvalue weighted by molar-refractivity contribution is -0.384. The Morgan fingerprint density at radius 2 is 1.97 bits per heavy atom. The van der Waals surface area contributed by atoms with Crippen LogP contribution >= 0.6 is 11.3 Å². The van der Waals surface area contributed by atoms with E-state index in [1.807, 2.05) is 29.6 Å². The van der Waals surface area contributed by atoms with Gasteiger partial charge in [-0.2, -0.15) is 4.98 Å². The molecule has 0 radical (unpaired) electrons. The van der Waals surface area contributed by atoms with Crippen molar-refractivity contribution in [1.82, 2.24) is 14.6 Å². The van der Waals surface area contributed by atoms with Crippen LogP contribution in [0.4, 0.5) is 17.3 Å². The first kappa shape index (κ1) is 20.3.